The Morgan fingerprint density at radius 1 is 1.18 bits per heavy atom. The van der Waals surface area contributed by atoms with Crippen molar-refractivity contribution in [2.75, 3.05) is 11.5 Å². The Kier molecular flexibility index (Phi) is 5.87. The standard InChI is InChI=1S/C29H23FN2O5S/c1-3-36-18-9-10-21-23(14-18)38-29(31-21)32-25(19-6-4-5-7-20(19)30)24(27(34)28(32)35)26(33)16-8-11-22-17(13-16)12-15(2)37-22/h4-11,13-15,25,33H,3,12H2,1-2H3/b26-24+/t15-,25-/m1/s1. The number of ether oxygens (including phenoxy) is 2. The predicted octanol–water partition coefficient (Wildman–Crippen LogP) is 5.78. The molecule has 0 bridgehead atoms. The van der Waals surface area contributed by atoms with Gasteiger partial charge in [-0.15, -0.1) is 0 Å². The molecule has 7 nitrogen and oxygen atoms in total. The highest BCUT2D eigenvalue weighted by Crippen LogP contribution is 2.45. The molecule has 6 rings (SSSR count). The summed E-state index contributed by atoms with van der Waals surface area (Å²) < 4.78 is 27.2. The van der Waals surface area contributed by atoms with Crippen LogP contribution in [0.2, 0.25) is 0 Å². The van der Waals surface area contributed by atoms with Crippen molar-refractivity contribution in [1.82, 2.24) is 4.98 Å². The van der Waals surface area contributed by atoms with Crippen LogP contribution in [0.5, 0.6) is 11.5 Å². The van der Waals surface area contributed by atoms with Crippen molar-refractivity contribution >= 4 is 44.1 Å². The molecule has 1 amide bonds. The lowest BCUT2D eigenvalue weighted by Gasteiger charge is -2.23. The highest BCUT2D eigenvalue weighted by atomic mass is 32.1. The monoisotopic (exact) mass is 530 g/mol. The number of anilines is 1. The first-order valence-corrected chi connectivity index (χ1v) is 13.1. The lowest BCUT2D eigenvalue weighted by atomic mass is 9.94. The zero-order valence-electron chi connectivity index (χ0n) is 20.6. The summed E-state index contributed by atoms with van der Waals surface area (Å²) in [6, 6.07) is 15.2. The molecule has 9 heteroatoms. The van der Waals surface area contributed by atoms with Crippen molar-refractivity contribution in [3.8, 4) is 11.5 Å². The van der Waals surface area contributed by atoms with Crippen LogP contribution in [0.3, 0.4) is 0 Å². The lowest BCUT2D eigenvalue weighted by Crippen LogP contribution is -2.29. The molecule has 1 aromatic heterocycles. The average molecular weight is 531 g/mol. The predicted molar refractivity (Wildman–Crippen MR) is 142 cm³/mol. The molecule has 2 aliphatic rings. The van der Waals surface area contributed by atoms with E-state index >= 15 is 4.39 Å². The van der Waals surface area contributed by atoms with Gasteiger partial charge in [-0.05, 0) is 61.9 Å². The maximum absolute atomic E-state index is 15.2. The normalized spacial score (nSPS) is 20.1. The molecule has 3 heterocycles. The van der Waals surface area contributed by atoms with Gasteiger partial charge in [-0.2, -0.15) is 0 Å². The molecule has 0 unspecified atom stereocenters. The number of fused-ring (bicyclic) bond motifs is 2. The Morgan fingerprint density at radius 2 is 2.00 bits per heavy atom. The first-order chi connectivity index (χ1) is 18.4. The van der Waals surface area contributed by atoms with Gasteiger partial charge >= 0.3 is 5.91 Å². The summed E-state index contributed by atoms with van der Waals surface area (Å²) in [6.07, 6.45) is 0.644. The topological polar surface area (TPSA) is 89.0 Å². The number of Topliss-reactive ketones (excluding diaryl/α,β-unsaturated/α-hetero) is 1. The second kappa shape index (κ2) is 9.25. The van der Waals surface area contributed by atoms with Crippen LogP contribution < -0.4 is 14.4 Å². The van der Waals surface area contributed by atoms with Crippen molar-refractivity contribution in [2.24, 2.45) is 0 Å². The summed E-state index contributed by atoms with van der Waals surface area (Å²) in [6.45, 7) is 4.32. The number of benzene rings is 3. The Bertz CT molecular complexity index is 1650. The zero-order chi connectivity index (χ0) is 26.6. The molecule has 38 heavy (non-hydrogen) atoms. The maximum Gasteiger partial charge on any atom is 0.301 e. The highest BCUT2D eigenvalue weighted by Gasteiger charge is 2.49. The number of hydrogen-bond donors (Lipinski definition) is 1. The third-order valence-electron chi connectivity index (χ3n) is 6.68. The Morgan fingerprint density at radius 3 is 2.79 bits per heavy atom. The molecule has 3 aromatic carbocycles. The quantitative estimate of drug-likeness (QED) is 0.200. The highest BCUT2D eigenvalue weighted by molar-refractivity contribution is 7.22. The number of rotatable bonds is 5. The lowest BCUT2D eigenvalue weighted by molar-refractivity contribution is -0.132. The zero-order valence-corrected chi connectivity index (χ0v) is 21.4. The SMILES string of the molecule is CCOc1ccc2nc(N3C(=O)C(=O)/C(=C(/O)c4ccc5c(c4)C[C@@H](C)O5)[C@H]3c3ccccc3F)sc2c1. The number of nitrogens with zero attached hydrogens (tertiary/aromatic N) is 2. The Hall–Kier alpha value is -4.24. The maximum atomic E-state index is 15.2. The van der Waals surface area contributed by atoms with Gasteiger partial charge in [0.2, 0.25) is 0 Å². The van der Waals surface area contributed by atoms with E-state index in [2.05, 4.69) is 4.98 Å². The van der Waals surface area contributed by atoms with Crippen LogP contribution in [0.25, 0.3) is 16.0 Å². The molecule has 0 saturated carbocycles. The van der Waals surface area contributed by atoms with Crippen molar-refractivity contribution in [2.45, 2.75) is 32.4 Å². The molecule has 0 spiro atoms. The van der Waals surface area contributed by atoms with E-state index in [1.165, 1.54) is 34.4 Å². The number of carbonyl (C=O) groups excluding carboxylic acids is 2. The van der Waals surface area contributed by atoms with E-state index < -0.39 is 23.5 Å². The first-order valence-electron chi connectivity index (χ1n) is 12.2. The molecule has 192 valence electrons. The van der Waals surface area contributed by atoms with Gasteiger partial charge in [0.15, 0.2) is 5.13 Å². The van der Waals surface area contributed by atoms with Crippen LogP contribution in [-0.4, -0.2) is 34.5 Å². The first kappa shape index (κ1) is 24.1. The van der Waals surface area contributed by atoms with Gasteiger partial charge in [0.25, 0.3) is 5.78 Å². The van der Waals surface area contributed by atoms with E-state index in [0.29, 0.717) is 35.6 Å². The van der Waals surface area contributed by atoms with Crippen LogP contribution in [0.4, 0.5) is 9.52 Å². The van der Waals surface area contributed by atoms with Crippen molar-refractivity contribution < 1.29 is 28.6 Å². The molecule has 0 aliphatic carbocycles. The fraction of sp³-hybridized carbons (Fsp3) is 0.207. The summed E-state index contributed by atoms with van der Waals surface area (Å²) in [4.78, 5) is 32.7. The number of aromatic nitrogens is 1. The number of amides is 1. The number of aliphatic hydroxyl groups excluding tert-OH is 1. The van der Waals surface area contributed by atoms with Crippen molar-refractivity contribution in [1.29, 1.82) is 0 Å². The number of ketones is 1. The average Bonchev–Trinajstić information content (AvgIpc) is 3.56. The van der Waals surface area contributed by atoms with E-state index in [-0.39, 0.29) is 28.1 Å². The number of carbonyl (C=O) groups is 2. The smallest absolute Gasteiger partial charge is 0.301 e. The third-order valence-corrected chi connectivity index (χ3v) is 7.70. The van der Waals surface area contributed by atoms with Gasteiger partial charge in [0, 0.05) is 17.5 Å². The minimum atomic E-state index is -1.20. The van der Waals surface area contributed by atoms with E-state index in [0.717, 1.165) is 10.3 Å². The van der Waals surface area contributed by atoms with E-state index in [1.807, 2.05) is 19.9 Å². The summed E-state index contributed by atoms with van der Waals surface area (Å²) in [5, 5.41) is 11.6. The van der Waals surface area contributed by atoms with Crippen LogP contribution in [0.1, 0.15) is 36.6 Å². The second-order valence-electron chi connectivity index (χ2n) is 9.20. The summed E-state index contributed by atoms with van der Waals surface area (Å²) >= 11 is 1.19. The molecular formula is C29H23FN2O5S. The molecule has 0 radical (unpaired) electrons. The molecule has 4 aromatic rings. The number of halogens is 1. The second-order valence-corrected chi connectivity index (χ2v) is 10.2. The van der Waals surface area contributed by atoms with Gasteiger partial charge in [-0.25, -0.2) is 9.37 Å². The molecule has 1 fully saturated rings. The number of thiazole rings is 1. The Labute approximate surface area is 221 Å². The van der Waals surface area contributed by atoms with Gasteiger partial charge in [0.1, 0.15) is 35.2 Å². The summed E-state index contributed by atoms with van der Waals surface area (Å²) in [5.74, 6) is -1.41. The van der Waals surface area contributed by atoms with Crippen LogP contribution in [-0.2, 0) is 16.0 Å². The van der Waals surface area contributed by atoms with Crippen LogP contribution >= 0.6 is 11.3 Å². The summed E-state index contributed by atoms with van der Waals surface area (Å²) in [5.41, 5.74) is 1.73. The van der Waals surface area contributed by atoms with Crippen LogP contribution in [0.15, 0.2) is 66.2 Å². The third kappa shape index (κ3) is 3.90. The van der Waals surface area contributed by atoms with E-state index in [9.17, 15) is 14.7 Å². The van der Waals surface area contributed by atoms with Gasteiger partial charge in [-0.1, -0.05) is 29.5 Å². The number of aliphatic hydroxyl groups is 1. The minimum absolute atomic E-state index is 0.00586. The fourth-order valence-electron chi connectivity index (χ4n) is 5.00. The summed E-state index contributed by atoms with van der Waals surface area (Å²) in [7, 11) is 0. The Balaban J connectivity index is 1.52. The molecule has 2 atom stereocenters. The van der Waals surface area contributed by atoms with Gasteiger partial charge in [-0.3, -0.25) is 14.5 Å². The largest absolute Gasteiger partial charge is 0.507 e. The molecular weight excluding hydrogens is 507 g/mol. The molecule has 1 saturated heterocycles. The van der Waals surface area contributed by atoms with E-state index in [4.69, 9.17) is 9.47 Å². The van der Waals surface area contributed by atoms with Crippen molar-refractivity contribution in [3.05, 3.63) is 88.7 Å². The minimum Gasteiger partial charge on any atom is -0.507 e. The van der Waals surface area contributed by atoms with Gasteiger partial charge in [0.05, 0.1) is 22.4 Å². The van der Waals surface area contributed by atoms with E-state index in [1.54, 1.807) is 36.4 Å². The molecule has 1 N–H and O–H groups in total. The molecule has 2 aliphatic heterocycles. The fourth-order valence-corrected chi connectivity index (χ4v) is 6.02. The van der Waals surface area contributed by atoms with Crippen LogP contribution in [0, 0.1) is 5.82 Å². The van der Waals surface area contributed by atoms with Crippen molar-refractivity contribution in [3.63, 3.8) is 0 Å². The number of hydrogen-bond acceptors (Lipinski definition) is 7. The van der Waals surface area contributed by atoms with Gasteiger partial charge < -0.3 is 14.6 Å².